The predicted molar refractivity (Wildman–Crippen MR) is 98.2 cm³/mol. The van der Waals surface area contributed by atoms with E-state index in [4.69, 9.17) is 11.6 Å². The van der Waals surface area contributed by atoms with E-state index in [0.29, 0.717) is 11.7 Å². The van der Waals surface area contributed by atoms with E-state index >= 15 is 0 Å². The number of hydrogen-bond donors (Lipinski definition) is 2. The maximum Gasteiger partial charge on any atom is 0.227 e. The van der Waals surface area contributed by atoms with Gasteiger partial charge in [0, 0.05) is 30.0 Å². The quantitative estimate of drug-likeness (QED) is 0.762. The molecule has 5 heteroatoms. The second-order valence-corrected chi connectivity index (χ2v) is 6.63. The van der Waals surface area contributed by atoms with Crippen LogP contribution in [0.4, 0.5) is 11.4 Å². The maximum atomic E-state index is 12.3. The number of amides is 1. The number of benzene rings is 1. The van der Waals surface area contributed by atoms with Crippen molar-refractivity contribution >= 4 is 28.9 Å². The first-order valence-corrected chi connectivity index (χ1v) is 8.84. The summed E-state index contributed by atoms with van der Waals surface area (Å²) in [6, 6.07) is 11.6. The minimum Gasteiger partial charge on any atom is -0.381 e. The molecule has 0 saturated heterocycles. The van der Waals surface area contributed by atoms with Crippen LogP contribution in [-0.2, 0) is 11.3 Å². The minimum absolute atomic E-state index is 0.153. The highest BCUT2D eigenvalue weighted by Gasteiger charge is 2.20. The highest BCUT2D eigenvalue weighted by Crippen LogP contribution is 2.25. The van der Waals surface area contributed by atoms with Gasteiger partial charge in [-0.2, -0.15) is 0 Å². The topological polar surface area (TPSA) is 54.0 Å². The standard InChI is InChI=1S/C19H22ClN3O/c20-18-12-16(9-10-21-18)22-13-14-5-4-8-17(11-14)23-19(24)15-6-2-1-3-7-15/h4-5,8-12,15H,1-3,6-7,13H2,(H,21,22)(H,23,24). The first kappa shape index (κ1) is 16.8. The van der Waals surface area contributed by atoms with Gasteiger partial charge in [0.25, 0.3) is 0 Å². The monoisotopic (exact) mass is 343 g/mol. The van der Waals surface area contributed by atoms with Crippen molar-refractivity contribution in [3.8, 4) is 0 Å². The van der Waals surface area contributed by atoms with Gasteiger partial charge < -0.3 is 10.6 Å². The summed E-state index contributed by atoms with van der Waals surface area (Å²) in [7, 11) is 0. The molecule has 0 radical (unpaired) electrons. The van der Waals surface area contributed by atoms with Crippen LogP contribution in [0.2, 0.25) is 5.15 Å². The Morgan fingerprint density at radius 3 is 2.75 bits per heavy atom. The smallest absolute Gasteiger partial charge is 0.227 e. The van der Waals surface area contributed by atoms with E-state index in [-0.39, 0.29) is 11.8 Å². The lowest BCUT2D eigenvalue weighted by Gasteiger charge is -2.20. The number of carbonyl (C=O) groups excluding carboxylic acids is 1. The molecule has 0 spiro atoms. The summed E-state index contributed by atoms with van der Waals surface area (Å²) in [5.41, 5.74) is 2.88. The van der Waals surface area contributed by atoms with Crippen molar-refractivity contribution in [2.24, 2.45) is 5.92 Å². The third-order valence-electron chi connectivity index (χ3n) is 4.39. The number of rotatable bonds is 5. The molecule has 126 valence electrons. The third kappa shape index (κ3) is 4.71. The predicted octanol–water partition coefficient (Wildman–Crippen LogP) is 4.87. The molecule has 0 bridgehead atoms. The van der Waals surface area contributed by atoms with E-state index in [1.807, 2.05) is 30.3 Å². The zero-order chi connectivity index (χ0) is 16.8. The molecule has 1 heterocycles. The molecule has 0 aliphatic heterocycles. The van der Waals surface area contributed by atoms with E-state index in [2.05, 4.69) is 15.6 Å². The van der Waals surface area contributed by atoms with Crippen LogP contribution in [0.1, 0.15) is 37.7 Å². The number of halogens is 1. The van der Waals surface area contributed by atoms with Gasteiger partial charge in [0.1, 0.15) is 5.15 Å². The van der Waals surface area contributed by atoms with Crippen molar-refractivity contribution in [1.82, 2.24) is 4.98 Å². The van der Waals surface area contributed by atoms with Crippen molar-refractivity contribution in [3.63, 3.8) is 0 Å². The van der Waals surface area contributed by atoms with Crippen LogP contribution in [0.5, 0.6) is 0 Å². The molecule has 1 aliphatic carbocycles. The summed E-state index contributed by atoms with van der Waals surface area (Å²) < 4.78 is 0. The van der Waals surface area contributed by atoms with E-state index in [0.717, 1.165) is 42.6 Å². The zero-order valence-corrected chi connectivity index (χ0v) is 14.4. The Hall–Kier alpha value is -2.07. The normalized spacial score (nSPS) is 15.0. The largest absolute Gasteiger partial charge is 0.381 e. The van der Waals surface area contributed by atoms with Crippen molar-refractivity contribution in [1.29, 1.82) is 0 Å². The first-order chi connectivity index (χ1) is 11.7. The third-order valence-corrected chi connectivity index (χ3v) is 4.60. The highest BCUT2D eigenvalue weighted by molar-refractivity contribution is 6.29. The van der Waals surface area contributed by atoms with Gasteiger partial charge in [0.15, 0.2) is 0 Å². The summed E-state index contributed by atoms with van der Waals surface area (Å²) >= 11 is 5.88. The summed E-state index contributed by atoms with van der Waals surface area (Å²) in [5.74, 6) is 0.320. The average Bonchev–Trinajstić information content (AvgIpc) is 2.61. The first-order valence-electron chi connectivity index (χ1n) is 8.46. The van der Waals surface area contributed by atoms with Gasteiger partial charge in [-0.3, -0.25) is 4.79 Å². The zero-order valence-electron chi connectivity index (χ0n) is 13.6. The van der Waals surface area contributed by atoms with Crippen molar-refractivity contribution in [2.75, 3.05) is 10.6 Å². The fourth-order valence-electron chi connectivity index (χ4n) is 3.08. The van der Waals surface area contributed by atoms with Crippen LogP contribution in [0.15, 0.2) is 42.6 Å². The maximum absolute atomic E-state index is 12.3. The number of anilines is 2. The molecule has 1 aromatic heterocycles. The molecule has 1 aliphatic rings. The summed E-state index contributed by atoms with van der Waals surface area (Å²) in [5, 5.41) is 6.84. The van der Waals surface area contributed by atoms with Gasteiger partial charge in [-0.1, -0.05) is 43.0 Å². The number of carbonyl (C=O) groups is 1. The van der Waals surface area contributed by atoms with E-state index in [1.165, 1.54) is 6.42 Å². The Labute approximate surface area is 147 Å². The van der Waals surface area contributed by atoms with Gasteiger partial charge >= 0.3 is 0 Å². The van der Waals surface area contributed by atoms with Crippen LogP contribution < -0.4 is 10.6 Å². The molecule has 4 nitrogen and oxygen atoms in total. The van der Waals surface area contributed by atoms with Gasteiger partial charge in [-0.25, -0.2) is 4.98 Å². The van der Waals surface area contributed by atoms with Crippen LogP contribution >= 0.6 is 11.6 Å². The Morgan fingerprint density at radius 1 is 1.12 bits per heavy atom. The van der Waals surface area contributed by atoms with Gasteiger partial charge in [0.2, 0.25) is 5.91 Å². The molecular formula is C19H22ClN3O. The number of pyridine rings is 1. The second kappa shape index (κ2) is 8.15. The van der Waals surface area contributed by atoms with E-state index in [1.54, 1.807) is 12.3 Å². The van der Waals surface area contributed by atoms with Crippen LogP contribution in [0.25, 0.3) is 0 Å². The molecule has 0 atom stereocenters. The lowest BCUT2D eigenvalue weighted by molar-refractivity contribution is -0.120. The Kier molecular flexibility index (Phi) is 5.70. The number of hydrogen-bond acceptors (Lipinski definition) is 3. The lowest BCUT2D eigenvalue weighted by atomic mass is 9.88. The Morgan fingerprint density at radius 2 is 1.96 bits per heavy atom. The Balaban J connectivity index is 1.58. The van der Waals surface area contributed by atoms with Crippen molar-refractivity contribution in [2.45, 2.75) is 38.6 Å². The van der Waals surface area contributed by atoms with E-state index in [9.17, 15) is 4.79 Å². The SMILES string of the molecule is O=C(Nc1cccc(CNc2ccnc(Cl)c2)c1)C1CCCCC1. The summed E-state index contributed by atoms with van der Waals surface area (Å²) in [4.78, 5) is 16.3. The van der Waals surface area contributed by atoms with Crippen LogP contribution in [-0.4, -0.2) is 10.9 Å². The average molecular weight is 344 g/mol. The lowest BCUT2D eigenvalue weighted by Crippen LogP contribution is -2.24. The molecule has 3 rings (SSSR count). The molecule has 1 aromatic carbocycles. The highest BCUT2D eigenvalue weighted by atomic mass is 35.5. The number of aromatic nitrogens is 1. The summed E-state index contributed by atoms with van der Waals surface area (Å²) in [6.07, 6.45) is 7.27. The van der Waals surface area contributed by atoms with Crippen LogP contribution in [0, 0.1) is 5.92 Å². The molecule has 2 aromatic rings. The molecule has 1 amide bonds. The van der Waals surface area contributed by atoms with Crippen LogP contribution in [0.3, 0.4) is 0 Å². The van der Waals surface area contributed by atoms with Gasteiger partial charge in [-0.15, -0.1) is 0 Å². The molecule has 0 unspecified atom stereocenters. The fraction of sp³-hybridized carbons (Fsp3) is 0.368. The van der Waals surface area contributed by atoms with Gasteiger partial charge in [0.05, 0.1) is 0 Å². The van der Waals surface area contributed by atoms with Crippen molar-refractivity contribution < 1.29 is 4.79 Å². The second-order valence-electron chi connectivity index (χ2n) is 6.25. The number of nitrogens with zero attached hydrogens (tertiary/aromatic N) is 1. The van der Waals surface area contributed by atoms with Crippen molar-refractivity contribution in [3.05, 3.63) is 53.3 Å². The number of nitrogens with one attached hydrogen (secondary N) is 2. The molecule has 1 saturated carbocycles. The molecule has 2 N–H and O–H groups in total. The summed E-state index contributed by atoms with van der Waals surface area (Å²) in [6.45, 7) is 0.660. The molecule has 1 fully saturated rings. The van der Waals surface area contributed by atoms with E-state index < -0.39 is 0 Å². The fourth-order valence-corrected chi connectivity index (χ4v) is 3.26. The molecular weight excluding hydrogens is 322 g/mol. The Bertz CT molecular complexity index is 699. The van der Waals surface area contributed by atoms with Gasteiger partial charge in [-0.05, 0) is 42.7 Å². The minimum atomic E-state index is 0.153. The molecule has 24 heavy (non-hydrogen) atoms.